The lowest BCUT2D eigenvalue weighted by atomic mass is 10.0. The van der Waals surface area contributed by atoms with Gasteiger partial charge in [-0.25, -0.2) is 9.59 Å². The van der Waals surface area contributed by atoms with Crippen LogP contribution in [-0.4, -0.2) is 66.4 Å². The van der Waals surface area contributed by atoms with E-state index in [0.29, 0.717) is 19.6 Å². The van der Waals surface area contributed by atoms with E-state index in [2.05, 4.69) is 9.64 Å². The molecule has 1 aromatic rings. The van der Waals surface area contributed by atoms with Crippen LogP contribution in [0.3, 0.4) is 0 Å². The molecule has 3 rings (SSSR count). The number of likely N-dealkylation sites (tertiary alicyclic amines) is 1. The van der Waals surface area contributed by atoms with Gasteiger partial charge in [0.25, 0.3) is 0 Å². The molecule has 0 unspecified atom stereocenters. The molecule has 23 heavy (non-hydrogen) atoms. The molecule has 0 aliphatic carbocycles. The van der Waals surface area contributed by atoms with Crippen LogP contribution in [0.5, 0.6) is 5.75 Å². The number of aromatic hydroxyl groups is 1. The largest absolute Gasteiger partial charge is 0.507 e. The van der Waals surface area contributed by atoms with Gasteiger partial charge < -0.3 is 19.5 Å². The Morgan fingerprint density at radius 3 is 2.87 bits per heavy atom. The Bertz CT molecular complexity index is 647. The summed E-state index contributed by atoms with van der Waals surface area (Å²) < 4.78 is 10.2. The Hall–Kier alpha value is -2.28. The molecule has 1 aromatic carbocycles. The summed E-state index contributed by atoms with van der Waals surface area (Å²) in [5, 5.41) is 9.75. The lowest BCUT2D eigenvalue weighted by molar-refractivity contribution is 0.0592. The van der Waals surface area contributed by atoms with Crippen molar-refractivity contribution in [2.75, 3.05) is 33.8 Å². The normalized spacial score (nSPS) is 24.3. The quantitative estimate of drug-likeness (QED) is 0.843. The Morgan fingerprint density at radius 1 is 1.43 bits per heavy atom. The average Bonchev–Trinajstić information content (AvgIpc) is 3.03. The molecule has 7 nitrogen and oxygen atoms in total. The average molecular weight is 320 g/mol. The number of carbonyl (C=O) groups excluding carboxylic acids is 2. The van der Waals surface area contributed by atoms with E-state index in [-0.39, 0.29) is 17.4 Å². The summed E-state index contributed by atoms with van der Waals surface area (Å²) in [5.41, 5.74) is 0.636. The zero-order valence-corrected chi connectivity index (χ0v) is 13.2. The van der Waals surface area contributed by atoms with E-state index in [0.717, 1.165) is 18.5 Å². The van der Waals surface area contributed by atoms with Gasteiger partial charge in [-0.3, -0.25) is 4.90 Å². The molecule has 0 bridgehead atoms. The Balaban J connectivity index is 1.69. The van der Waals surface area contributed by atoms with Gasteiger partial charge in [-0.1, -0.05) is 6.07 Å². The zero-order valence-electron chi connectivity index (χ0n) is 13.2. The second kappa shape index (κ2) is 5.73. The minimum atomic E-state index is -0.561. The van der Waals surface area contributed by atoms with Crippen molar-refractivity contribution < 1.29 is 24.2 Å². The number of esters is 1. The second-order valence-corrected chi connectivity index (χ2v) is 6.21. The number of nitrogens with zero attached hydrogens (tertiary/aromatic N) is 2. The highest BCUT2D eigenvalue weighted by atomic mass is 16.6. The van der Waals surface area contributed by atoms with Gasteiger partial charge in [-0.05, 0) is 17.7 Å². The smallest absolute Gasteiger partial charge is 0.410 e. The van der Waals surface area contributed by atoms with E-state index >= 15 is 0 Å². The van der Waals surface area contributed by atoms with Crippen LogP contribution in [0.25, 0.3) is 0 Å². The number of phenolic OH excluding ortho intramolecular Hbond substituents is 1. The highest BCUT2D eigenvalue weighted by molar-refractivity contribution is 5.92. The van der Waals surface area contributed by atoms with Crippen LogP contribution < -0.4 is 0 Å². The summed E-state index contributed by atoms with van der Waals surface area (Å²) >= 11 is 0. The summed E-state index contributed by atoms with van der Waals surface area (Å²) in [6, 6.07) is 4.91. The highest BCUT2D eigenvalue weighted by Gasteiger charge is 2.48. The number of ether oxygens (including phenoxy) is 2. The lowest BCUT2D eigenvalue weighted by Gasteiger charge is -2.22. The number of benzene rings is 1. The molecule has 1 N–H and O–H groups in total. The number of likely N-dealkylation sites (N-methyl/N-ethyl adjacent to an activating group) is 1. The maximum atomic E-state index is 11.6. The summed E-state index contributed by atoms with van der Waals surface area (Å²) in [4.78, 5) is 27.0. The third kappa shape index (κ3) is 2.96. The third-order valence-corrected chi connectivity index (χ3v) is 4.41. The maximum Gasteiger partial charge on any atom is 0.410 e. The van der Waals surface area contributed by atoms with Gasteiger partial charge in [0.15, 0.2) is 0 Å². The van der Waals surface area contributed by atoms with Crippen molar-refractivity contribution in [2.45, 2.75) is 18.6 Å². The van der Waals surface area contributed by atoms with Gasteiger partial charge in [0, 0.05) is 33.1 Å². The molecule has 0 radical (unpaired) electrons. The van der Waals surface area contributed by atoms with Crippen molar-refractivity contribution in [3.63, 3.8) is 0 Å². The molecule has 0 saturated carbocycles. The summed E-state index contributed by atoms with van der Waals surface area (Å²) in [7, 11) is 3.02. The van der Waals surface area contributed by atoms with Crippen molar-refractivity contribution >= 4 is 12.1 Å². The Kier molecular flexibility index (Phi) is 3.89. The lowest BCUT2D eigenvalue weighted by Crippen LogP contribution is -2.37. The molecule has 2 aliphatic heterocycles. The number of rotatable bonds is 3. The van der Waals surface area contributed by atoms with Crippen LogP contribution in [0.1, 0.15) is 22.3 Å². The highest BCUT2D eigenvalue weighted by Crippen LogP contribution is 2.32. The van der Waals surface area contributed by atoms with Crippen LogP contribution in [0.4, 0.5) is 4.79 Å². The van der Waals surface area contributed by atoms with Crippen molar-refractivity contribution in [2.24, 2.45) is 0 Å². The monoisotopic (exact) mass is 320 g/mol. The van der Waals surface area contributed by atoms with Crippen molar-refractivity contribution in [1.82, 2.24) is 9.80 Å². The van der Waals surface area contributed by atoms with Crippen LogP contribution in [-0.2, 0) is 16.0 Å². The molecule has 1 spiro atoms. The number of carbonyl (C=O) groups is 2. The van der Waals surface area contributed by atoms with Gasteiger partial charge in [-0.15, -0.1) is 0 Å². The predicted molar refractivity (Wildman–Crippen MR) is 81.2 cm³/mol. The molecule has 1 atom stereocenters. The van der Waals surface area contributed by atoms with Crippen LogP contribution >= 0.6 is 0 Å². The summed E-state index contributed by atoms with van der Waals surface area (Å²) in [5.74, 6) is -0.654. The molecule has 124 valence electrons. The number of hydrogen-bond donors (Lipinski definition) is 1. The van der Waals surface area contributed by atoms with E-state index in [1.54, 1.807) is 24.1 Å². The number of amides is 1. The number of hydrogen-bond acceptors (Lipinski definition) is 6. The van der Waals surface area contributed by atoms with Gasteiger partial charge in [0.2, 0.25) is 0 Å². The molecule has 2 aliphatic rings. The zero-order chi connectivity index (χ0) is 16.6. The van der Waals surface area contributed by atoms with Crippen molar-refractivity contribution in [1.29, 1.82) is 0 Å². The fourth-order valence-corrected chi connectivity index (χ4v) is 3.28. The minimum absolute atomic E-state index is 0.0927. The summed E-state index contributed by atoms with van der Waals surface area (Å²) in [6.45, 7) is 2.70. The third-order valence-electron chi connectivity index (χ3n) is 4.41. The minimum Gasteiger partial charge on any atom is -0.507 e. The van der Waals surface area contributed by atoms with Gasteiger partial charge in [0.05, 0.1) is 13.7 Å². The molecule has 2 heterocycles. The first kappa shape index (κ1) is 15.6. The number of phenols is 1. The Labute approximate surface area is 134 Å². The topological polar surface area (TPSA) is 79.3 Å². The first-order valence-electron chi connectivity index (χ1n) is 7.49. The molecule has 1 amide bonds. The second-order valence-electron chi connectivity index (χ2n) is 6.21. The molecule has 2 saturated heterocycles. The SMILES string of the molecule is COC(=O)c1cc(CN2CC[C@]3(C2)CN(C)C(=O)O3)ccc1O. The molecular weight excluding hydrogens is 300 g/mol. The van der Waals surface area contributed by atoms with Crippen LogP contribution in [0.2, 0.25) is 0 Å². The first-order valence-corrected chi connectivity index (χ1v) is 7.49. The fourth-order valence-electron chi connectivity index (χ4n) is 3.28. The molecule has 2 fully saturated rings. The van der Waals surface area contributed by atoms with Crippen LogP contribution in [0.15, 0.2) is 18.2 Å². The van der Waals surface area contributed by atoms with E-state index < -0.39 is 11.6 Å². The fraction of sp³-hybridized carbons (Fsp3) is 0.500. The molecule has 7 heteroatoms. The van der Waals surface area contributed by atoms with Crippen LogP contribution in [0, 0.1) is 0 Å². The Morgan fingerprint density at radius 2 is 2.22 bits per heavy atom. The van der Waals surface area contributed by atoms with E-state index in [1.165, 1.54) is 13.2 Å². The van der Waals surface area contributed by atoms with Gasteiger partial charge >= 0.3 is 12.1 Å². The first-order chi connectivity index (χ1) is 10.9. The van der Waals surface area contributed by atoms with Crippen molar-refractivity contribution in [3.8, 4) is 5.75 Å². The van der Waals surface area contributed by atoms with Gasteiger partial charge in [0.1, 0.15) is 16.9 Å². The maximum absolute atomic E-state index is 11.6. The van der Waals surface area contributed by atoms with Gasteiger partial charge in [-0.2, -0.15) is 0 Å². The number of methoxy groups -OCH3 is 1. The molecule has 0 aromatic heterocycles. The van der Waals surface area contributed by atoms with E-state index in [9.17, 15) is 14.7 Å². The standard InChI is InChI=1S/C16H20N2O5/c1-17-9-16(23-15(17)21)5-6-18(10-16)8-11-3-4-13(19)12(7-11)14(20)22-2/h3-4,7,19H,5-6,8-10H2,1-2H3/t16-/m1/s1. The predicted octanol–water partition coefficient (Wildman–Crippen LogP) is 1.21. The summed E-state index contributed by atoms with van der Waals surface area (Å²) in [6.07, 6.45) is 0.523. The van der Waals surface area contributed by atoms with E-state index in [4.69, 9.17) is 4.74 Å². The van der Waals surface area contributed by atoms with E-state index in [1.807, 2.05) is 0 Å². The molecular formula is C16H20N2O5. The van der Waals surface area contributed by atoms with Crippen molar-refractivity contribution in [3.05, 3.63) is 29.3 Å².